The molecule has 5 rings (SSSR count). The van der Waals surface area contributed by atoms with Crippen molar-refractivity contribution in [2.24, 2.45) is 5.92 Å². The van der Waals surface area contributed by atoms with E-state index in [1.54, 1.807) is 38.6 Å². The zero-order valence-corrected chi connectivity index (χ0v) is 20.6. The molecular weight excluding hydrogens is 496 g/mol. The summed E-state index contributed by atoms with van der Waals surface area (Å²) in [6.45, 7) is 0. The van der Waals surface area contributed by atoms with Crippen molar-refractivity contribution in [2.45, 2.75) is 44.4 Å². The number of nitrogens with one attached hydrogen (secondary N) is 1. The van der Waals surface area contributed by atoms with Gasteiger partial charge in [0.1, 0.15) is 6.10 Å². The number of nitrogens with zero attached hydrogens (tertiary/aromatic N) is 5. The molecule has 0 spiro atoms. The van der Waals surface area contributed by atoms with E-state index in [1.165, 1.54) is 12.1 Å². The summed E-state index contributed by atoms with van der Waals surface area (Å²) in [7, 11) is 1.63. The molecule has 0 unspecified atom stereocenters. The van der Waals surface area contributed by atoms with Gasteiger partial charge in [0.15, 0.2) is 19.5 Å². The van der Waals surface area contributed by atoms with Gasteiger partial charge in [-0.1, -0.05) is 12.1 Å². The van der Waals surface area contributed by atoms with E-state index in [-0.39, 0.29) is 23.2 Å². The van der Waals surface area contributed by atoms with Crippen LogP contribution in [-0.4, -0.2) is 49.8 Å². The lowest BCUT2D eigenvalue weighted by Crippen LogP contribution is -2.26. The Morgan fingerprint density at radius 1 is 0.921 bits per heavy atom. The molecule has 0 radical (unpaired) electrons. The van der Waals surface area contributed by atoms with Crippen LogP contribution in [0.5, 0.6) is 6.01 Å². The van der Waals surface area contributed by atoms with Gasteiger partial charge in [-0.25, -0.2) is 9.97 Å². The number of pyridine rings is 1. The zero-order valence-electron chi connectivity index (χ0n) is 20.6. The van der Waals surface area contributed by atoms with Crippen LogP contribution in [0.3, 0.4) is 0 Å². The number of rotatable bonds is 7. The molecule has 0 saturated heterocycles. The zero-order chi connectivity index (χ0) is 26.7. The summed E-state index contributed by atoms with van der Waals surface area (Å²) in [5.41, 5.74) is 1.73. The van der Waals surface area contributed by atoms with Crippen molar-refractivity contribution in [3.05, 3.63) is 60.6 Å². The number of carbonyl (C=O) groups is 1. The number of hydrogen-bond acceptors (Lipinski definition) is 7. The van der Waals surface area contributed by atoms with Crippen LogP contribution in [0, 0.1) is 5.92 Å². The number of ether oxygens (including phenoxy) is 1. The minimum Gasteiger partial charge on any atom is -0.460 e. The molecule has 1 N–H and O–H groups in total. The molecule has 0 bridgehead atoms. The summed E-state index contributed by atoms with van der Waals surface area (Å²) in [4.78, 5) is 27.4. The van der Waals surface area contributed by atoms with Crippen LogP contribution in [-0.2, 0) is 11.0 Å². The van der Waals surface area contributed by atoms with E-state index in [0.717, 1.165) is 37.8 Å². The lowest BCUT2D eigenvalue weighted by molar-refractivity contribution is -0.137. The Morgan fingerprint density at radius 2 is 1.61 bits per heavy atom. The highest BCUT2D eigenvalue weighted by Gasteiger charge is 2.30. The molecule has 38 heavy (non-hydrogen) atoms. The Hall–Kier alpha value is -4.09. The van der Waals surface area contributed by atoms with E-state index in [2.05, 4.69) is 30.1 Å². The minimum atomic E-state index is -4.44. The highest BCUT2D eigenvalue weighted by molar-refractivity contribution is 6.57. The molecule has 1 aliphatic rings. The normalized spacial score (nSPS) is 17.8. The standard InChI is InChI=1S/C26H24BF3N6O2/c27-22(37)10-15-4-7-20(8-5-15)38-25-32-13-18(14-33-25)21-9-6-17(12-31-21)24-34-23(35-36-24)16-2-1-3-19(11-16)26(28,29)30/h1-3,6,9,11-15,20H,4-5,7-8,10,27H2,(H,34,35,36)/t15-,20-. The van der Waals surface area contributed by atoms with Gasteiger partial charge in [0.05, 0.1) is 16.9 Å². The number of halogens is 3. The predicted molar refractivity (Wildman–Crippen MR) is 136 cm³/mol. The third-order valence-electron chi connectivity index (χ3n) is 6.55. The quantitative estimate of drug-likeness (QED) is 0.358. The first-order valence-electron chi connectivity index (χ1n) is 12.3. The van der Waals surface area contributed by atoms with Crippen LogP contribution in [0.4, 0.5) is 13.2 Å². The third kappa shape index (κ3) is 6.07. The molecule has 0 amide bonds. The largest absolute Gasteiger partial charge is 0.460 e. The molecule has 12 heteroatoms. The second-order valence-electron chi connectivity index (χ2n) is 9.45. The highest BCUT2D eigenvalue weighted by Crippen LogP contribution is 2.32. The Kier molecular flexibility index (Phi) is 7.21. The number of hydrogen-bond donors (Lipinski definition) is 1. The van der Waals surface area contributed by atoms with Crippen molar-refractivity contribution in [3.63, 3.8) is 0 Å². The summed E-state index contributed by atoms with van der Waals surface area (Å²) in [6.07, 6.45) is 4.81. The number of H-pyrrole nitrogens is 1. The molecule has 1 fully saturated rings. The van der Waals surface area contributed by atoms with Crippen LogP contribution >= 0.6 is 0 Å². The van der Waals surface area contributed by atoms with Crippen molar-refractivity contribution in [1.82, 2.24) is 30.1 Å². The maximum Gasteiger partial charge on any atom is 0.416 e. The number of benzene rings is 1. The Bertz CT molecular complexity index is 1400. The number of aromatic nitrogens is 6. The average molecular weight is 520 g/mol. The lowest BCUT2D eigenvalue weighted by Gasteiger charge is -2.27. The lowest BCUT2D eigenvalue weighted by atomic mass is 9.81. The first-order chi connectivity index (χ1) is 18.2. The van der Waals surface area contributed by atoms with Gasteiger partial charge < -0.3 is 14.5 Å². The van der Waals surface area contributed by atoms with Crippen LogP contribution in [0.15, 0.2) is 55.0 Å². The molecule has 3 heterocycles. The van der Waals surface area contributed by atoms with Crippen molar-refractivity contribution in [2.75, 3.05) is 0 Å². The average Bonchev–Trinajstić information content (AvgIpc) is 3.40. The SMILES string of the molecule is BC(=O)C[C@H]1CC[C@H](Oc2ncc(-c3ccc(-c4nnc(-c5cccc(C(F)(F)F)c5)[nH]4)cn3)cn2)CC1. The summed E-state index contributed by atoms with van der Waals surface area (Å²) in [6, 6.07) is 8.77. The predicted octanol–water partition coefficient (Wildman–Crippen LogP) is 4.50. The maximum atomic E-state index is 13.0. The molecule has 0 aliphatic heterocycles. The third-order valence-corrected chi connectivity index (χ3v) is 6.55. The topological polar surface area (TPSA) is 107 Å². The van der Waals surface area contributed by atoms with Crippen molar-refractivity contribution in [1.29, 1.82) is 0 Å². The van der Waals surface area contributed by atoms with E-state index in [0.29, 0.717) is 41.0 Å². The molecule has 1 saturated carbocycles. The van der Waals surface area contributed by atoms with Gasteiger partial charge in [-0.2, -0.15) is 13.2 Å². The number of carbonyl (C=O) groups excluding carboxylic acids is 1. The summed E-state index contributed by atoms with van der Waals surface area (Å²) in [5, 5.41) is 8.05. The second kappa shape index (κ2) is 10.7. The van der Waals surface area contributed by atoms with E-state index < -0.39 is 11.7 Å². The second-order valence-corrected chi connectivity index (χ2v) is 9.45. The summed E-state index contributed by atoms with van der Waals surface area (Å²) < 4.78 is 45.0. The molecule has 8 nitrogen and oxygen atoms in total. The van der Waals surface area contributed by atoms with Crippen molar-refractivity contribution in [3.8, 4) is 40.0 Å². The molecular formula is C26H24BF3N6O2. The maximum absolute atomic E-state index is 13.0. The van der Waals surface area contributed by atoms with Gasteiger partial charge in [-0.15, -0.1) is 10.2 Å². The molecule has 3 aromatic heterocycles. The highest BCUT2D eigenvalue weighted by atomic mass is 19.4. The van der Waals surface area contributed by atoms with Crippen molar-refractivity contribution < 1.29 is 22.7 Å². The molecule has 1 aromatic carbocycles. The summed E-state index contributed by atoms with van der Waals surface area (Å²) in [5.74, 6) is 1.05. The molecule has 1 aliphatic carbocycles. The van der Waals surface area contributed by atoms with Gasteiger partial charge in [0, 0.05) is 35.3 Å². The Balaban J connectivity index is 1.21. The van der Waals surface area contributed by atoms with Crippen molar-refractivity contribution >= 4 is 13.5 Å². The fourth-order valence-electron chi connectivity index (χ4n) is 4.59. The first kappa shape index (κ1) is 25.6. The summed E-state index contributed by atoms with van der Waals surface area (Å²) >= 11 is 0. The van der Waals surface area contributed by atoms with Gasteiger partial charge in [-0.3, -0.25) is 4.98 Å². The fraction of sp³-hybridized carbons (Fsp3) is 0.308. The molecule has 4 aromatic rings. The molecule has 194 valence electrons. The fourth-order valence-corrected chi connectivity index (χ4v) is 4.59. The number of aromatic amines is 1. The van der Waals surface area contributed by atoms with Crippen LogP contribution in [0.25, 0.3) is 34.0 Å². The minimum absolute atomic E-state index is 0.0456. The smallest absolute Gasteiger partial charge is 0.416 e. The molecule has 0 atom stereocenters. The number of alkyl halides is 3. The van der Waals surface area contributed by atoms with Crippen LogP contribution in [0.1, 0.15) is 37.7 Å². The van der Waals surface area contributed by atoms with E-state index in [9.17, 15) is 18.0 Å². The Morgan fingerprint density at radius 3 is 2.24 bits per heavy atom. The first-order valence-corrected chi connectivity index (χ1v) is 12.3. The van der Waals surface area contributed by atoms with Gasteiger partial charge >= 0.3 is 12.2 Å². The van der Waals surface area contributed by atoms with Gasteiger partial charge in [0.25, 0.3) is 0 Å². The van der Waals surface area contributed by atoms with Gasteiger partial charge in [0.2, 0.25) is 0 Å². The monoisotopic (exact) mass is 520 g/mol. The van der Waals surface area contributed by atoms with Crippen LogP contribution < -0.4 is 4.74 Å². The Labute approximate surface area is 217 Å². The van der Waals surface area contributed by atoms with E-state index in [4.69, 9.17) is 4.74 Å². The van der Waals surface area contributed by atoms with Crippen LogP contribution in [0.2, 0.25) is 0 Å². The van der Waals surface area contributed by atoms with Gasteiger partial charge in [-0.05, 0) is 62.3 Å². The van der Waals surface area contributed by atoms with E-state index in [1.807, 2.05) is 0 Å². The van der Waals surface area contributed by atoms with E-state index >= 15 is 0 Å².